The van der Waals surface area contributed by atoms with E-state index in [-0.39, 0.29) is 0 Å². The van der Waals surface area contributed by atoms with Crippen molar-refractivity contribution in [2.24, 2.45) is 0 Å². The van der Waals surface area contributed by atoms with Gasteiger partial charge in [-0.25, -0.2) is 20.0 Å². The molecule has 0 spiro atoms. The maximum absolute atomic E-state index is 9.08. The fraction of sp³-hybridized carbons (Fsp3) is 0.190. The summed E-state index contributed by atoms with van der Waals surface area (Å²) >= 11 is 6.20. The number of anilines is 2. The van der Waals surface area contributed by atoms with E-state index in [1.165, 1.54) is 0 Å². The summed E-state index contributed by atoms with van der Waals surface area (Å²) in [5.74, 6) is 0.575. The minimum absolute atomic E-state index is 0.410. The molecule has 4 rings (SSSR count). The van der Waals surface area contributed by atoms with Crippen LogP contribution in [0.1, 0.15) is 5.56 Å². The van der Waals surface area contributed by atoms with E-state index in [1.807, 2.05) is 47.5 Å². The molecule has 2 heterocycles. The van der Waals surface area contributed by atoms with Crippen LogP contribution in [0.2, 0.25) is 5.02 Å². The quantitative estimate of drug-likeness (QED) is 0.668. The molecule has 0 aliphatic carbocycles. The predicted octanol–water partition coefficient (Wildman–Crippen LogP) is 4.05. The standard InChI is InChI=1S/C21H18ClN5O/c22-19-14-16(6-7-17(19)15-23)20-8-9-24-21(25-20)27(18-4-2-1-3-5-18)26-10-12-28-13-11-26/h1-9,14H,10-13H2. The molecule has 28 heavy (non-hydrogen) atoms. The number of halogens is 1. The van der Waals surface area contributed by atoms with Crippen molar-refractivity contribution in [3.8, 4) is 17.3 Å². The third-order valence-corrected chi connectivity index (χ3v) is 4.80. The highest BCUT2D eigenvalue weighted by atomic mass is 35.5. The fourth-order valence-electron chi connectivity index (χ4n) is 3.10. The summed E-state index contributed by atoms with van der Waals surface area (Å²) < 4.78 is 5.50. The molecule has 6 nitrogen and oxygen atoms in total. The topological polar surface area (TPSA) is 65.3 Å². The van der Waals surface area contributed by atoms with Gasteiger partial charge in [0.15, 0.2) is 0 Å². The highest BCUT2D eigenvalue weighted by Gasteiger charge is 2.23. The minimum atomic E-state index is 0.410. The zero-order valence-electron chi connectivity index (χ0n) is 15.1. The third kappa shape index (κ3) is 3.82. The lowest BCUT2D eigenvalue weighted by atomic mass is 10.1. The Morgan fingerprint density at radius 3 is 2.57 bits per heavy atom. The summed E-state index contributed by atoms with van der Waals surface area (Å²) in [7, 11) is 0. The Kier molecular flexibility index (Phi) is 5.49. The maximum Gasteiger partial charge on any atom is 0.245 e. The second kappa shape index (κ2) is 8.36. The molecular weight excluding hydrogens is 374 g/mol. The molecule has 0 unspecified atom stereocenters. The van der Waals surface area contributed by atoms with Gasteiger partial charge in [0.25, 0.3) is 0 Å². The van der Waals surface area contributed by atoms with Crippen LogP contribution < -0.4 is 5.01 Å². The zero-order valence-corrected chi connectivity index (χ0v) is 15.9. The molecule has 1 aromatic heterocycles. The van der Waals surface area contributed by atoms with Crippen molar-refractivity contribution in [3.63, 3.8) is 0 Å². The molecule has 2 aromatic carbocycles. The zero-order chi connectivity index (χ0) is 19.3. The van der Waals surface area contributed by atoms with Crippen LogP contribution in [0.25, 0.3) is 11.3 Å². The van der Waals surface area contributed by atoms with Crippen molar-refractivity contribution in [2.75, 3.05) is 31.3 Å². The maximum atomic E-state index is 9.08. The van der Waals surface area contributed by atoms with E-state index in [2.05, 4.69) is 16.1 Å². The second-order valence-corrected chi connectivity index (χ2v) is 6.67. The third-order valence-electron chi connectivity index (χ3n) is 4.49. The Labute approximate surface area is 168 Å². The molecule has 1 aliphatic heterocycles. The van der Waals surface area contributed by atoms with Gasteiger partial charge in [-0.15, -0.1) is 0 Å². The summed E-state index contributed by atoms with van der Waals surface area (Å²) in [6.07, 6.45) is 1.74. The lowest BCUT2D eigenvalue weighted by Crippen LogP contribution is -2.47. The molecule has 3 aromatic rings. The molecule has 0 atom stereocenters. The van der Waals surface area contributed by atoms with E-state index in [0.717, 1.165) is 30.0 Å². The van der Waals surface area contributed by atoms with Gasteiger partial charge in [0.05, 0.1) is 35.2 Å². The van der Waals surface area contributed by atoms with Gasteiger partial charge >= 0.3 is 0 Å². The average molecular weight is 392 g/mol. The Balaban J connectivity index is 1.74. The molecule has 0 saturated carbocycles. The van der Waals surface area contributed by atoms with Crippen molar-refractivity contribution in [1.82, 2.24) is 15.0 Å². The van der Waals surface area contributed by atoms with E-state index in [4.69, 9.17) is 26.6 Å². The lowest BCUT2D eigenvalue weighted by Gasteiger charge is -2.37. The molecule has 1 fully saturated rings. The molecule has 0 N–H and O–H groups in total. The van der Waals surface area contributed by atoms with Gasteiger partial charge in [0, 0.05) is 24.8 Å². The van der Waals surface area contributed by atoms with Crippen molar-refractivity contribution in [2.45, 2.75) is 0 Å². The Hall–Kier alpha value is -2.98. The number of nitriles is 1. The number of para-hydroxylation sites is 1. The molecule has 0 bridgehead atoms. The number of nitrogens with zero attached hydrogens (tertiary/aromatic N) is 5. The van der Waals surface area contributed by atoms with Crippen LogP contribution in [0.4, 0.5) is 11.6 Å². The molecule has 7 heteroatoms. The van der Waals surface area contributed by atoms with Crippen molar-refractivity contribution >= 4 is 23.2 Å². The monoisotopic (exact) mass is 391 g/mol. The lowest BCUT2D eigenvalue weighted by molar-refractivity contribution is 0.0371. The molecule has 0 amide bonds. The predicted molar refractivity (Wildman–Crippen MR) is 108 cm³/mol. The number of rotatable bonds is 4. The van der Waals surface area contributed by atoms with E-state index < -0.39 is 0 Å². The first-order valence-corrected chi connectivity index (χ1v) is 9.35. The van der Waals surface area contributed by atoms with Crippen molar-refractivity contribution < 1.29 is 4.74 Å². The first-order chi connectivity index (χ1) is 13.8. The number of hydrogen-bond acceptors (Lipinski definition) is 6. The van der Waals surface area contributed by atoms with Crippen molar-refractivity contribution in [3.05, 3.63) is 71.4 Å². The summed E-state index contributed by atoms with van der Waals surface area (Å²) in [6.45, 7) is 2.83. The molecular formula is C21H18ClN5O. The van der Waals surface area contributed by atoms with E-state index in [9.17, 15) is 0 Å². The minimum Gasteiger partial charge on any atom is -0.379 e. The number of benzene rings is 2. The van der Waals surface area contributed by atoms with Gasteiger partial charge in [-0.3, -0.25) is 0 Å². The summed E-state index contributed by atoms with van der Waals surface area (Å²) in [4.78, 5) is 9.30. The van der Waals surface area contributed by atoms with E-state index in [0.29, 0.717) is 29.7 Å². The number of ether oxygens (including phenoxy) is 1. The molecule has 140 valence electrons. The first kappa shape index (κ1) is 18.4. The normalized spacial score (nSPS) is 14.4. The summed E-state index contributed by atoms with van der Waals surface area (Å²) in [5.41, 5.74) is 3.01. The molecule has 0 radical (unpaired) electrons. The van der Waals surface area contributed by atoms with Crippen LogP contribution >= 0.6 is 11.6 Å². The highest BCUT2D eigenvalue weighted by molar-refractivity contribution is 6.32. The van der Waals surface area contributed by atoms with Crippen molar-refractivity contribution in [1.29, 1.82) is 5.26 Å². The second-order valence-electron chi connectivity index (χ2n) is 6.26. The van der Waals surface area contributed by atoms with Crippen LogP contribution in [-0.2, 0) is 4.74 Å². The van der Waals surface area contributed by atoms with Gasteiger partial charge < -0.3 is 4.74 Å². The Morgan fingerprint density at radius 2 is 1.86 bits per heavy atom. The van der Waals surface area contributed by atoms with E-state index in [1.54, 1.807) is 18.3 Å². The van der Waals surface area contributed by atoms with Crippen LogP contribution in [-0.4, -0.2) is 41.3 Å². The fourth-order valence-corrected chi connectivity index (χ4v) is 3.33. The largest absolute Gasteiger partial charge is 0.379 e. The van der Waals surface area contributed by atoms with Gasteiger partial charge in [-0.05, 0) is 30.3 Å². The van der Waals surface area contributed by atoms with Crippen LogP contribution in [0.5, 0.6) is 0 Å². The van der Waals surface area contributed by atoms with Crippen LogP contribution in [0.3, 0.4) is 0 Å². The first-order valence-electron chi connectivity index (χ1n) is 8.97. The van der Waals surface area contributed by atoms with Crippen LogP contribution in [0.15, 0.2) is 60.8 Å². The van der Waals surface area contributed by atoms with E-state index >= 15 is 0 Å². The molecule has 1 saturated heterocycles. The SMILES string of the molecule is N#Cc1ccc(-c2ccnc(N(c3ccccc3)N3CCOCC3)n2)cc1Cl. The number of hydrogen-bond donors (Lipinski definition) is 0. The van der Waals surface area contributed by atoms with Crippen LogP contribution in [0, 0.1) is 11.3 Å². The van der Waals surface area contributed by atoms with Gasteiger partial charge in [-0.2, -0.15) is 5.26 Å². The van der Waals surface area contributed by atoms with Gasteiger partial charge in [-0.1, -0.05) is 35.9 Å². The summed E-state index contributed by atoms with van der Waals surface area (Å²) in [5, 5.41) is 13.7. The number of aromatic nitrogens is 2. The van der Waals surface area contributed by atoms with Gasteiger partial charge in [0.1, 0.15) is 6.07 Å². The van der Waals surface area contributed by atoms with Gasteiger partial charge in [0.2, 0.25) is 5.95 Å². The number of hydrazine groups is 1. The Bertz CT molecular complexity index is 999. The summed E-state index contributed by atoms with van der Waals surface area (Å²) in [6, 6.07) is 19.3. The highest BCUT2D eigenvalue weighted by Crippen LogP contribution is 2.28. The average Bonchev–Trinajstić information content (AvgIpc) is 2.76. The smallest absolute Gasteiger partial charge is 0.245 e. The molecule has 1 aliphatic rings. The Morgan fingerprint density at radius 1 is 1.07 bits per heavy atom. The number of morpholine rings is 1.